The maximum atomic E-state index is 13.2. The summed E-state index contributed by atoms with van der Waals surface area (Å²) in [6, 6.07) is 4.49. The second-order valence-corrected chi connectivity index (χ2v) is 6.58. The maximum absolute atomic E-state index is 13.2. The molecule has 2 N–H and O–H groups in total. The first-order chi connectivity index (χ1) is 9.72. The molecule has 116 valence electrons. The van der Waals surface area contributed by atoms with Crippen molar-refractivity contribution in [3.8, 4) is 6.07 Å². The smallest absolute Gasteiger partial charge is 0.240 e. The molecular formula is C13H17FN2O4S. The zero-order valence-corrected chi connectivity index (χ0v) is 12.6. The highest BCUT2D eigenvalue weighted by Crippen LogP contribution is 2.15. The van der Waals surface area contributed by atoms with E-state index in [1.54, 1.807) is 6.07 Å². The Bertz CT molecular complexity index is 638. The first-order valence-corrected chi connectivity index (χ1v) is 7.61. The predicted octanol–water partition coefficient (Wildman–Crippen LogP) is 0.763. The number of sulfonamides is 1. The van der Waals surface area contributed by atoms with Crippen molar-refractivity contribution in [2.24, 2.45) is 0 Å². The molecule has 1 rings (SSSR count). The van der Waals surface area contributed by atoms with Crippen LogP contribution in [0.1, 0.15) is 18.9 Å². The molecule has 1 aromatic carbocycles. The van der Waals surface area contributed by atoms with Gasteiger partial charge in [0.15, 0.2) is 0 Å². The van der Waals surface area contributed by atoms with E-state index in [1.165, 1.54) is 14.0 Å². The molecule has 0 saturated heterocycles. The summed E-state index contributed by atoms with van der Waals surface area (Å²) < 4.78 is 44.3. The average Bonchev–Trinajstić information content (AvgIpc) is 2.44. The summed E-state index contributed by atoms with van der Waals surface area (Å²) in [6.07, 6.45) is 0.249. The Morgan fingerprint density at radius 3 is 2.76 bits per heavy atom. The highest BCUT2D eigenvalue weighted by molar-refractivity contribution is 7.89. The Morgan fingerprint density at radius 2 is 2.19 bits per heavy atom. The first kappa shape index (κ1) is 17.5. The van der Waals surface area contributed by atoms with E-state index in [9.17, 15) is 17.9 Å². The van der Waals surface area contributed by atoms with Gasteiger partial charge in [0, 0.05) is 26.7 Å². The van der Waals surface area contributed by atoms with Gasteiger partial charge in [0.2, 0.25) is 10.0 Å². The summed E-state index contributed by atoms with van der Waals surface area (Å²) in [5.74, 6) is -0.788. The number of aliphatic hydroxyl groups is 1. The number of rotatable bonds is 7. The van der Waals surface area contributed by atoms with E-state index in [4.69, 9.17) is 10.00 Å². The predicted molar refractivity (Wildman–Crippen MR) is 73.4 cm³/mol. The van der Waals surface area contributed by atoms with Crippen LogP contribution in [0.3, 0.4) is 0 Å². The fourth-order valence-electron chi connectivity index (χ4n) is 1.50. The minimum atomic E-state index is -3.94. The molecule has 0 saturated carbocycles. The molecule has 1 atom stereocenters. The van der Waals surface area contributed by atoms with Crippen LogP contribution in [0, 0.1) is 17.1 Å². The SMILES string of the molecule is COCCC(C)(O)CNS(=O)(=O)c1ccc(F)c(C#N)c1. The minimum Gasteiger partial charge on any atom is -0.389 e. The highest BCUT2D eigenvalue weighted by atomic mass is 32.2. The number of nitrogens with one attached hydrogen (secondary N) is 1. The third-order valence-electron chi connectivity index (χ3n) is 2.86. The van der Waals surface area contributed by atoms with E-state index >= 15 is 0 Å². The largest absolute Gasteiger partial charge is 0.389 e. The van der Waals surface area contributed by atoms with Crippen molar-refractivity contribution < 1.29 is 22.7 Å². The lowest BCUT2D eigenvalue weighted by Crippen LogP contribution is -2.41. The van der Waals surface area contributed by atoms with Crippen LogP contribution in [0.15, 0.2) is 23.1 Å². The van der Waals surface area contributed by atoms with Crippen molar-refractivity contribution in [1.82, 2.24) is 4.72 Å². The van der Waals surface area contributed by atoms with Crippen molar-refractivity contribution in [3.05, 3.63) is 29.6 Å². The van der Waals surface area contributed by atoms with Crippen molar-refractivity contribution in [2.45, 2.75) is 23.8 Å². The molecule has 1 unspecified atom stereocenters. The number of nitriles is 1. The van der Waals surface area contributed by atoms with E-state index in [2.05, 4.69) is 4.72 Å². The van der Waals surface area contributed by atoms with Crippen molar-refractivity contribution in [1.29, 1.82) is 5.26 Å². The number of halogens is 1. The van der Waals surface area contributed by atoms with Crippen LogP contribution in [0.25, 0.3) is 0 Å². The van der Waals surface area contributed by atoms with Crippen molar-refractivity contribution >= 4 is 10.0 Å². The van der Waals surface area contributed by atoms with Gasteiger partial charge in [-0.2, -0.15) is 5.26 Å². The van der Waals surface area contributed by atoms with Gasteiger partial charge in [-0.05, 0) is 25.1 Å². The van der Waals surface area contributed by atoms with E-state index in [0.29, 0.717) is 0 Å². The summed E-state index contributed by atoms with van der Waals surface area (Å²) in [5, 5.41) is 18.7. The standard InChI is InChI=1S/C13H17FN2O4S/c1-13(17,5-6-20-2)9-16-21(18,19)11-3-4-12(14)10(7-11)8-15/h3-4,7,16-17H,5-6,9H2,1-2H3. The van der Waals surface area contributed by atoms with Crippen LogP contribution in [-0.2, 0) is 14.8 Å². The molecule has 0 aromatic heterocycles. The molecule has 0 aliphatic rings. The van der Waals surface area contributed by atoms with Gasteiger partial charge < -0.3 is 9.84 Å². The van der Waals surface area contributed by atoms with E-state index in [1.807, 2.05) is 0 Å². The normalized spacial score (nSPS) is 14.4. The third-order valence-corrected chi connectivity index (χ3v) is 4.26. The molecule has 21 heavy (non-hydrogen) atoms. The van der Waals surface area contributed by atoms with Gasteiger partial charge in [-0.15, -0.1) is 0 Å². The molecule has 0 radical (unpaired) electrons. The van der Waals surface area contributed by atoms with E-state index < -0.39 is 21.4 Å². The lowest BCUT2D eigenvalue weighted by atomic mass is 10.0. The molecule has 8 heteroatoms. The topological polar surface area (TPSA) is 99.4 Å². The van der Waals surface area contributed by atoms with Crippen LogP contribution < -0.4 is 4.72 Å². The lowest BCUT2D eigenvalue weighted by Gasteiger charge is -2.23. The molecule has 0 heterocycles. The zero-order valence-electron chi connectivity index (χ0n) is 11.8. The second-order valence-electron chi connectivity index (χ2n) is 4.82. The number of hydrogen-bond donors (Lipinski definition) is 2. The average molecular weight is 316 g/mol. The molecule has 0 aliphatic heterocycles. The minimum absolute atomic E-state index is 0.224. The quantitative estimate of drug-likeness (QED) is 0.774. The molecule has 0 aliphatic carbocycles. The van der Waals surface area contributed by atoms with E-state index in [-0.39, 0.29) is 30.0 Å². The van der Waals surface area contributed by atoms with Gasteiger partial charge in [-0.1, -0.05) is 0 Å². The fourth-order valence-corrected chi connectivity index (χ4v) is 2.69. The highest BCUT2D eigenvalue weighted by Gasteiger charge is 2.24. The van der Waals surface area contributed by atoms with Crippen molar-refractivity contribution in [3.63, 3.8) is 0 Å². The molecule has 6 nitrogen and oxygen atoms in total. The number of benzene rings is 1. The Labute approximate surface area is 123 Å². The fraction of sp³-hybridized carbons (Fsp3) is 0.462. The monoisotopic (exact) mass is 316 g/mol. The Hall–Kier alpha value is -1.53. The van der Waals surface area contributed by atoms with Gasteiger partial charge in [0.1, 0.15) is 11.9 Å². The Morgan fingerprint density at radius 1 is 1.52 bits per heavy atom. The molecular weight excluding hydrogens is 299 g/mol. The molecule has 1 aromatic rings. The van der Waals surface area contributed by atoms with Crippen molar-refractivity contribution in [2.75, 3.05) is 20.3 Å². The summed E-state index contributed by atoms with van der Waals surface area (Å²) in [6.45, 7) is 1.53. The summed E-state index contributed by atoms with van der Waals surface area (Å²) >= 11 is 0. The number of nitrogens with zero attached hydrogens (tertiary/aromatic N) is 1. The number of ether oxygens (including phenoxy) is 1. The van der Waals surface area contributed by atoms with Gasteiger partial charge >= 0.3 is 0 Å². The second kappa shape index (κ2) is 6.95. The van der Waals surface area contributed by atoms with Gasteiger partial charge in [0.25, 0.3) is 0 Å². The third kappa shape index (κ3) is 5.06. The summed E-state index contributed by atoms with van der Waals surface area (Å²) in [5.41, 5.74) is -1.63. The summed E-state index contributed by atoms with van der Waals surface area (Å²) in [7, 11) is -2.46. The van der Waals surface area contributed by atoms with Crippen LogP contribution >= 0.6 is 0 Å². The van der Waals surface area contributed by atoms with Crippen LogP contribution in [0.5, 0.6) is 0 Å². The number of methoxy groups -OCH3 is 1. The molecule has 0 amide bonds. The lowest BCUT2D eigenvalue weighted by molar-refractivity contribution is 0.0292. The van der Waals surface area contributed by atoms with Crippen LogP contribution in [0.2, 0.25) is 0 Å². The number of hydrogen-bond acceptors (Lipinski definition) is 5. The Balaban J connectivity index is 2.85. The van der Waals surface area contributed by atoms with Gasteiger partial charge in [-0.25, -0.2) is 17.5 Å². The summed E-state index contributed by atoms with van der Waals surface area (Å²) in [4.78, 5) is -0.233. The molecule has 0 spiro atoms. The zero-order chi connectivity index (χ0) is 16.1. The van der Waals surface area contributed by atoms with Gasteiger partial charge in [0.05, 0.1) is 16.1 Å². The maximum Gasteiger partial charge on any atom is 0.240 e. The van der Waals surface area contributed by atoms with Crippen LogP contribution in [-0.4, -0.2) is 39.4 Å². The van der Waals surface area contributed by atoms with Crippen LogP contribution in [0.4, 0.5) is 4.39 Å². The van der Waals surface area contributed by atoms with Gasteiger partial charge in [-0.3, -0.25) is 0 Å². The molecule has 0 fully saturated rings. The molecule has 0 bridgehead atoms. The van der Waals surface area contributed by atoms with E-state index in [0.717, 1.165) is 18.2 Å². The first-order valence-electron chi connectivity index (χ1n) is 6.12. The Kier molecular flexibility index (Phi) is 5.80.